The molecule has 1 aromatic heterocycles. The highest BCUT2D eigenvalue weighted by molar-refractivity contribution is 6.34. The lowest BCUT2D eigenvalue weighted by molar-refractivity contribution is 0.334. The molecule has 0 aliphatic heterocycles. The van der Waals surface area contributed by atoms with Gasteiger partial charge in [-0.2, -0.15) is 5.26 Å². The zero-order valence-corrected chi connectivity index (χ0v) is 9.89. The van der Waals surface area contributed by atoms with Crippen molar-refractivity contribution in [2.45, 2.75) is 13.0 Å². The third-order valence-corrected chi connectivity index (χ3v) is 2.50. The van der Waals surface area contributed by atoms with Gasteiger partial charge in [-0.15, -0.1) is 0 Å². The van der Waals surface area contributed by atoms with E-state index in [-0.39, 0.29) is 0 Å². The molecule has 0 aliphatic carbocycles. The van der Waals surface area contributed by atoms with Gasteiger partial charge in [0.05, 0.1) is 6.07 Å². The fourth-order valence-corrected chi connectivity index (χ4v) is 1.59. The van der Waals surface area contributed by atoms with Crippen molar-refractivity contribution in [3.05, 3.63) is 28.0 Å². The van der Waals surface area contributed by atoms with Gasteiger partial charge in [-0.1, -0.05) is 23.2 Å². The van der Waals surface area contributed by atoms with Crippen molar-refractivity contribution in [3.63, 3.8) is 0 Å². The molecule has 1 rings (SSSR count). The van der Waals surface area contributed by atoms with Crippen molar-refractivity contribution in [2.24, 2.45) is 0 Å². The SMILES string of the molecule is CN(CCC#N)Cc1cnc(Cl)cc1Cl. The maximum absolute atomic E-state index is 8.44. The molecule has 0 amide bonds. The molecule has 0 saturated carbocycles. The average molecular weight is 244 g/mol. The van der Waals surface area contributed by atoms with Crippen LogP contribution in [0.4, 0.5) is 0 Å². The summed E-state index contributed by atoms with van der Waals surface area (Å²) >= 11 is 11.7. The van der Waals surface area contributed by atoms with Crippen molar-refractivity contribution in [3.8, 4) is 6.07 Å². The van der Waals surface area contributed by atoms with Crippen molar-refractivity contribution in [1.82, 2.24) is 9.88 Å². The van der Waals surface area contributed by atoms with Crippen LogP contribution in [0.3, 0.4) is 0 Å². The van der Waals surface area contributed by atoms with Crippen molar-refractivity contribution in [1.29, 1.82) is 5.26 Å². The van der Waals surface area contributed by atoms with Gasteiger partial charge in [0, 0.05) is 36.3 Å². The first-order valence-corrected chi connectivity index (χ1v) is 5.24. The summed E-state index contributed by atoms with van der Waals surface area (Å²) in [6.45, 7) is 1.39. The summed E-state index contributed by atoms with van der Waals surface area (Å²) < 4.78 is 0. The Balaban J connectivity index is 2.61. The molecule has 0 unspecified atom stereocenters. The molecular weight excluding hydrogens is 233 g/mol. The van der Waals surface area contributed by atoms with Gasteiger partial charge in [-0.05, 0) is 13.1 Å². The monoisotopic (exact) mass is 243 g/mol. The summed E-state index contributed by atoms with van der Waals surface area (Å²) in [6.07, 6.45) is 2.17. The second-order valence-electron chi connectivity index (χ2n) is 3.24. The molecule has 0 N–H and O–H groups in total. The standard InChI is InChI=1S/C10H11Cl2N3/c1-15(4-2-3-13)7-8-6-14-10(12)5-9(8)11/h5-6H,2,4,7H2,1H3. The zero-order valence-electron chi connectivity index (χ0n) is 8.37. The van der Waals surface area contributed by atoms with E-state index in [0.29, 0.717) is 23.1 Å². The Hall–Kier alpha value is -0.820. The molecule has 0 aliphatic rings. The van der Waals surface area contributed by atoms with E-state index in [1.54, 1.807) is 12.3 Å². The van der Waals surface area contributed by atoms with Crippen LogP contribution in [-0.2, 0) is 6.54 Å². The number of rotatable bonds is 4. The van der Waals surface area contributed by atoms with Gasteiger partial charge >= 0.3 is 0 Å². The second-order valence-corrected chi connectivity index (χ2v) is 4.04. The lowest BCUT2D eigenvalue weighted by Crippen LogP contribution is -2.19. The van der Waals surface area contributed by atoms with Crippen LogP contribution in [0.5, 0.6) is 0 Å². The van der Waals surface area contributed by atoms with Crippen LogP contribution in [0, 0.1) is 11.3 Å². The maximum Gasteiger partial charge on any atom is 0.130 e. The van der Waals surface area contributed by atoms with Crippen LogP contribution >= 0.6 is 23.2 Å². The number of hydrogen-bond donors (Lipinski definition) is 0. The normalized spacial score (nSPS) is 10.3. The number of aromatic nitrogens is 1. The molecule has 1 heterocycles. The molecule has 0 aromatic carbocycles. The summed E-state index contributed by atoms with van der Waals surface area (Å²) in [5.41, 5.74) is 0.918. The summed E-state index contributed by atoms with van der Waals surface area (Å²) in [7, 11) is 1.93. The molecule has 3 nitrogen and oxygen atoms in total. The Morgan fingerprint density at radius 3 is 2.87 bits per heavy atom. The zero-order chi connectivity index (χ0) is 11.3. The summed E-state index contributed by atoms with van der Waals surface area (Å²) in [6, 6.07) is 3.72. The Morgan fingerprint density at radius 1 is 1.53 bits per heavy atom. The van der Waals surface area contributed by atoms with E-state index in [2.05, 4.69) is 11.1 Å². The third kappa shape index (κ3) is 4.05. The molecule has 1 aromatic rings. The van der Waals surface area contributed by atoms with Crippen molar-refractivity contribution in [2.75, 3.05) is 13.6 Å². The minimum Gasteiger partial charge on any atom is -0.301 e. The molecule has 15 heavy (non-hydrogen) atoms. The first-order chi connectivity index (χ1) is 7.13. The average Bonchev–Trinajstić information content (AvgIpc) is 2.19. The molecule has 80 valence electrons. The molecule has 0 radical (unpaired) electrons. The fourth-order valence-electron chi connectivity index (χ4n) is 1.16. The second kappa shape index (κ2) is 5.92. The van der Waals surface area contributed by atoms with E-state index < -0.39 is 0 Å². The van der Waals surface area contributed by atoms with Gasteiger partial charge in [-0.25, -0.2) is 4.98 Å². The summed E-state index contributed by atoms with van der Waals surface area (Å²) in [5, 5.41) is 9.44. The Bertz CT molecular complexity index is 373. The van der Waals surface area contributed by atoms with Crippen LogP contribution in [0.15, 0.2) is 12.3 Å². The minimum absolute atomic E-state index is 0.392. The molecule has 5 heteroatoms. The first-order valence-electron chi connectivity index (χ1n) is 4.49. The van der Waals surface area contributed by atoms with Gasteiger partial charge in [0.15, 0.2) is 0 Å². The quantitative estimate of drug-likeness (QED) is 0.764. The maximum atomic E-state index is 8.44. The van der Waals surface area contributed by atoms with Gasteiger partial charge in [0.1, 0.15) is 5.15 Å². The molecule has 0 spiro atoms. The Morgan fingerprint density at radius 2 is 2.27 bits per heavy atom. The van der Waals surface area contributed by atoms with Crippen LogP contribution < -0.4 is 0 Å². The van der Waals surface area contributed by atoms with E-state index in [4.69, 9.17) is 28.5 Å². The van der Waals surface area contributed by atoms with Crippen LogP contribution in [0.2, 0.25) is 10.2 Å². The van der Waals surface area contributed by atoms with E-state index in [1.807, 2.05) is 11.9 Å². The van der Waals surface area contributed by atoms with Crippen molar-refractivity contribution >= 4 is 23.2 Å². The number of pyridine rings is 1. The number of halogens is 2. The Labute approximate surface area is 99.2 Å². The van der Waals surface area contributed by atoms with Gasteiger partial charge in [-0.3, -0.25) is 0 Å². The smallest absolute Gasteiger partial charge is 0.130 e. The molecule has 0 fully saturated rings. The van der Waals surface area contributed by atoms with E-state index in [9.17, 15) is 0 Å². The van der Waals surface area contributed by atoms with E-state index in [0.717, 1.165) is 12.1 Å². The van der Waals surface area contributed by atoms with Crippen molar-refractivity contribution < 1.29 is 0 Å². The van der Waals surface area contributed by atoms with Gasteiger partial charge in [0.25, 0.3) is 0 Å². The predicted molar refractivity (Wildman–Crippen MR) is 60.8 cm³/mol. The highest BCUT2D eigenvalue weighted by Gasteiger charge is 2.05. The molecule has 0 atom stereocenters. The molecule has 0 bridgehead atoms. The van der Waals surface area contributed by atoms with Gasteiger partial charge < -0.3 is 4.90 Å². The lowest BCUT2D eigenvalue weighted by Gasteiger charge is -2.15. The van der Waals surface area contributed by atoms with Crippen LogP contribution in [0.1, 0.15) is 12.0 Å². The molecular formula is C10H11Cl2N3. The fraction of sp³-hybridized carbons (Fsp3) is 0.400. The Kier molecular flexibility index (Phi) is 4.83. The lowest BCUT2D eigenvalue weighted by atomic mass is 10.2. The summed E-state index contributed by atoms with van der Waals surface area (Å²) in [5.74, 6) is 0. The van der Waals surface area contributed by atoms with Gasteiger partial charge in [0.2, 0.25) is 0 Å². The first kappa shape index (κ1) is 12.3. The minimum atomic E-state index is 0.392. The van der Waals surface area contributed by atoms with E-state index >= 15 is 0 Å². The van der Waals surface area contributed by atoms with Crippen LogP contribution in [0.25, 0.3) is 0 Å². The largest absolute Gasteiger partial charge is 0.301 e. The third-order valence-electron chi connectivity index (χ3n) is 1.94. The van der Waals surface area contributed by atoms with E-state index in [1.165, 1.54) is 0 Å². The molecule has 0 saturated heterocycles. The number of nitrogens with zero attached hydrogens (tertiary/aromatic N) is 3. The predicted octanol–water partition coefficient (Wildman–Crippen LogP) is 2.73. The topological polar surface area (TPSA) is 39.9 Å². The number of nitriles is 1. The highest BCUT2D eigenvalue weighted by Crippen LogP contribution is 2.19. The van der Waals surface area contributed by atoms with Crippen LogP contribution in [-0.4, -0.2) is 23.5 Å². The summed E-state index contributed by atoms with van der Waals surface area (Å²) in [4.78, 5) is 5.98. The number of hydrogen-bond acceptors (Lipinski definition) is 3. The highest BCUT2D eigenvalue weighted by atomic mass is 35.5.